The molecule has 2 aliphatic heterocycles. The number of carbonyl (C=O) groups is 2. The summed E-state index contributed by atoms with van der Waals surface area (Å²) in [6.07, 6.45) is 0.987. The number of pyridine rings is 1. The second kappa shape index (κ2) is 13.8. The van der Waals surface area contributed by atoms with E-state index < -0.39 is 0 Å². The Balaban J connectivity index is 1.11. The molecule has 0 aliphatic carbocycles. The van der Waals surface area contributed by atoms with Crippen LogP contribution in [0.5, 0.6) is 5.75 Å². The lowest BCUT2D eigenvalue weighted by Gasteiger charge is -2.35. The Hall–Kier alpha value is -3.98. The molecule has 0 spiro atoms. The maximum atomic E-state index is 13.4. The minimum absolute atomic E-state index is 0.0947. The Kier molecular flexibility index (Phi) is 9.40. The third kappa shape index (κ3) is 7.04. The van der Waals surface area contributed by atoms with Gasteiger partial charge in [-0.05, 0) is 29.8 Å². The molecule has 3 aromatic carbocycles. The van der Waals surface area contributed by atoms with Crippen LogP contribution in [-0.4, -0.2) is 84.3 Å². The number of para-hydroxylation sites is 1. The largest absolute Gasteiger partial charge is 0.496 e. The molecule has 1 amide bonds. The number of aromatic nitrogens is 1. The standard InChI is InChI=1S/C35H38ClN5O3/c1-44-33-12-11-27(36)19-26(33)20-28(42)23-40-14-13-32-30(24-40)35(29-9-5-6-10-31(29)38-32)37-21-34(43)41-17-15-39(16-18-41)22-25-7-3-2-4-8-25/h2-12,19H,13-18,20-24H2,1H3,(H,37,38). The highest BCUT2D eigenvalue weighted by molar-refractivity contribution is 6.30. The third-order valence-corrected chi connectivity index (χ3v) is 8.78. The number of Topliss-reactive ketones (excluding diaryl/α,β-unsaturated/α-hetero) is 1. The van der Waals surface area contributed by atoms with Crippen LogP contribution in [0.4, 0.5) is 5.69 Å². The topological polar surface area (TPSA) is 78.0 Å². The Morgan fingerprint density at radius 1 is 0.932 bits per heavy atom. The molecular formula is C35H38ClN5O3. The lowest BCUT2D eigenvalue weighted by molar-refractivity contribution is -0.131. The van der Waals surface area contributed by atoms with E-state index in [4.69, 9.17) is 21.3 Å². The number of anilines is 1. The van der Waals surface area contributed by atoms with Crippen LogP contribution in [0.2, 0.25) is 5.02 Å². The molecule has 6 rings (SSSR count). The first-order valence-electron chi connectivity index (χ1n) is 15.2. The van der Waals surface area contributed by atoms with Gasteiger partial charge in [-0.15, -0.1) is 0 Å². The number of fused-ring (bicyclic) bond motifs is 2. The van der Waals surface area contributed by atoms with Crippen molar-refractivity contribution < 1.29 is 14.3 Å². The van der Waals surface area contributed by atoms with Crippen LogP contribution in [0.3, 0.4) is 0 Å². The molecule has 0 unspecified atom stereocenters. The third-order valence-electron chi connectivity index (χ3n) is 8.55. The number of benzene rings is 3. The van der Waals surface area contributed by atoms with Crippen molar-refractivity contribution in [3.8, 4) is 5.75 Å². The number of nitrogens with one attached hydrogen (secondary N) is 1. The monoisotopic (exact) mass is 611 g/mol. The molecule has 9 heteroatoms. The van der Waals surface area contributed by atoms with Crippen LogP contribution in [0.25, 0.3) is 10.9 Å². The van der Waals surface area contributed by atoms with Gasteiger partial charge < -0.3 is 15.0 Å². The number of amides is 1. The van der Waals surface area contributed by atoms with Crippen molar-refractivity contribution in [1.29, 1.82) is 0 Å². The van der Waals surface area contributed by atoms with Crippen LogP contribution in [-0.2, 0) is 35.5 Å². The number of nitrogens with zero attached hydrogens (tertiary/aromatic N) is 4. The van der Waals surface area contributed by atoms with E-state index in [2.05, 4.69) is 39.4 Å². The fourth-order valence-corrected chi connectivity index (χ4v) is 6.45. The molecule has 1 saturated heterocycles. The number of carbonyl (C=O) groups excluding carboxylic acids is 2. The number of halogens is 1. The minimum atomic E-state index is 0.0947. The van der Waals surface area contributed by atoms with Crippen molar-refractivity contribution in [2.24, 2.45) is 0 Å². The summed E-state index contributed by atoms with van der Waals surface area (Å²) in [5.41, 5.74) is 6.01. The van der Waals surface area contributed by atoms with Crippen molar-refractivity contribution in [3.05, 3.63) is 100 Å². The molecule has 2 aliphatic rings. The van der Waals surface area contributed by atoms with E-state index in [1.54, 1.807) is 25.3 Å². The lowest BCUT2D eigenvalue weighted by atomic mass is 9.99. The van der Waals surface area contributed by atoms with Crippen LogP contribution >= 0.6 is 11.6 Å². The second-order valence-electron chi connectivity index (χ2n) is 11.6. The number of rotatable bonds is 10. The van der Waals surface area contributed by atoms with Gasteiger partial charge in [-0.25, -0.2) is 0 Å². The normalized spacial score (nSPS) is 15.6. The van der Waals surface area contributed by atoms with Gasteiger partial charge in [0.05, 0.1) is 31.4 Å². The van der Waals surface area contributed by atoms with Gasteiger partial charge in [0.25, 0.3) is 0 Å². The zero-order chi connectivity index (χ0) is 30.5. The summed E-state index contributed by atoms with van der Waals surface area (Å²) in [4.78, 5) is 38.0. The summed E-state index contributed by atoms with van der Waals surface area (Å²) in [5.74, 6) is 0.854. The zero-order valence-electron chi connectivity index (χ0n) is 25.1. The average molecular weight is 612 g/mol. The van der Waals surface area contributed by atoms with E-state index in [9.17, 15) is 9.59 Å². The van der Waals surface area contributed by atoms with Gasteiger partial charge in [0.2, 0.25) is 5.91 Å². The van der Waals surface area contributed by atoms with Crippen molar-refractivity contribution in [1.82, 2.24) is 19.7 Å². The van der Waals surface area contributed by atoms with E-state index in [0.717, 1.165) is 79.1 Å². The first-order valence-corrected chi connectivity index (χ1v) is 15.6. The number of hydrogen-bond acceptors (Lipinski definition) is 7. The second-order valence-corrected chi connectivity index (χ2v) is 12.0. The molecule has 0 radical (unpaired) electrons. The maximum Gasteiger partial charge on any atom is 0.241 e. The summed E-state index contributed by atoms with van der Waals surface area (Å²) in [6, 6.07) is 23.9. The Morgan fingerprint density at radius 2 is 1.70 bits per heavy atom. The smallest absolute Gasteiger partial charge is 0.241 e. The molecule has 228 valence electrons. The van der Waals surface area contributed by atoms with Gasteiger partial charge >= 0.3 is 0 Å². The highest BCUT2D eigenvalue weighted by Crippen LogP contribution is 2.32. The molecule has 1 N–H and O–H groups in total. The molecule has 3 heterocycles. The Morgan fingerprint density at radius 3 is 2.50 bits per heavy atom. The first kappa shape index (κ1) is 30.1. The van der Waals surface area contributed by atoms with E-state index in [0.29, 0.717) is 23.9 Å². The quantitative estimate of drug-likeness (QED) is 0.275. The van der Waals surface area contributed by atoms with Crippen LogP contribution in [0.1, 0.15) is 22.4 Å². The number of ketones is 1. The molecule has 1 fully saturated rings. The Labute approximate surface area is 263 Å². The summed E-state index contributed by atoms with van der Waals surface area (Å²) in [6.45, 7) is 5.91. The van der Waals surface area contributed by atoms with E-state index in [1.165, 1.54) is 5.56 Å². The molecule has 0 atom stereocenters. The molecule has 8 nitrogen and oxygen atoms in total. The molecule has 44 heavy (non-hydrogen) atoms. The van der Waals surface area contributed by atoms with Gasteiger partial charge in [0.15, 0.2) is 5.78 Å². The summed E-state index contributed by atoms with van der Waals surface area (Å²) in [5, 5.41) is 5.08. The van der Waals surface area contributed by atoms with Crippen LogP contribution in [0, 0.1) is 0 Å². The zero-order valence-corrected chi connectivity index (χ0v) is 25.9. The SMILES string of the molecule is COc1ccc(Cl)cc1CC(=O)CN1CCc2nc3ccccc3c(NCC(=O)N3CCN(Cc4ccccc4)CC3)c2C1. The van der Waals surface area contributed by atoms with Crippen molar-refractivity contribution >= 4 is 39.9 Å². The van der Waals surface area contributed by atoms with Crippen molar-refractivity contribution in [2.75, 3.05) is 58.2 Å². The predicted octanol–water partition coefficient (Wildman–Crippen LogP) is 4.82. The van der Waals surface area contributed by atoms with E-state index >= 15 is 0 Å². The fourth-order valence-electron chi connectivity index (χ4n) is 6.26. The van der Waals surface area contributed by atoms with Gasteiger partial charge in [0.1, 0.15) is 5.75 Å². The highest BCUT2D eigenvalue weighted by Gasteiger charge is 2.26. The summed E-state index contributed by atoms with van der Waals surface area (Å²) in [7, 11) is 1.60. The maximum absolute atomic E-state index is 13.4. The van der Waals surface area contributed by atoms with Crippen molar-refractivity contribution in [2.45, 2.75) is 25.9 Å². The number of hydrogen-bond donors (Lipinski definition) is 1. The Bertz CT molecular complexity index is 1640. The fraction of sp³-hybridized carbons (Fsp3) is 0.343. The van der Waals surface area contributed by atoms with Gasteiger partial charge in [-0.2, -0.15) is 0 Å². The lowest BCUT2D eigenvalue weighted by Crippen LogP contribution is -2.49. The summed E-state index contributed by atoms with van der Waals surface area (Å²) >= 11 is 6.19. The number of ether oxygens (including phenoxy) is 1. The summed E-state index contributed by atoms with van der Waals surface area (Å²) < 4.78 is 5.44. The molecule has 0 saturated carbocycles. The molecular weight excluding hydrogens is 574 g/mol. The van der Waals surface area contributed by atoms with Gasteiger partial charge in [-0.1, -0.05) is 60.1 Å². The predicted molar refractivity (Wildman–Crippen MR) is 174 cm³/mol. The van der Waals surface area contributed by atoms with E-state index in [-0.39, 0.29) is 24.7 Å². The first-order chi connectivity index (χ1) is 21.5. The highest BCUT2D eigenvalue weighted by atomic mass is 35.5. The molecule has 0 bridgehead atoms. The minimum Gasteiger partial charge on any atom is -0.496 e. The molecule has 4 aromatic rings. The van der Waals surface area contributed by atoms with Gasteiger partial charge in [-0.3, -0.25) is 24.4 Å². The van der Waals surface area contributed by atoms with E-state index in [1.807, 2.05) is 35.2 Å². The average Bonchev–Trinajstić information content (AvgIpc) is 3.04. The van der Waals surface area contributed by atoms with Crippen LogP contribution < -0.4 is 10.1 Å². The molecule has 1 aromatic heterocycles. The van der Waals surface area contributed by atoms with Crippen LogP contribution in [0.15, 0.2) is 72.8 Å². The number of methoxy groups -OCH3 is 1. The van der Waals surface area contributed by atoms with Crippen molar-refractivity contribution in [3.63, 3.8) is 0 Å². The van der Waals surface area contributed by atoms with Gasteiger partial charge in [0, 0.05) is 85.9 Å². The number of piperazine rings is 1.